The molecular formula is C23H26O3. The van der Waals surface area contributed by atoms with Crippen molar-refractivity contribution in [1.82, 2.24) is 0 Å². The van der Waals surface area contributed by atoms with Gasteiger partial charge in [-0.3, -0.25) is 0 Å². The van der Waals surface area contributed by atoms with Crippen molar-refractivity contribution in [1.29, 1.82) is 0 Å². The molecular weight excluding hydrogens is 324 g/mol. The van der Waals surface area contributed by atoms with Gasteiger partial charge in [0.25, 0.3) is 0 Å². The third kappa shape index (κ3) is 6.00. The predicted octanol–water partition coefficient (Wildman–Crippen LogP) is 3.95. The smallest absolute Gasteiger partial charge is 0.128 e. The van der Waals surface area contributed by atoms with Crippen LogP contribution >= 0.6 is 0 Å². The van der Waals surface area contributed by atoms with Crippen molar-refractivity contribution in [2.24, 2.45) is 5.92 Å². The molecule has 0 saturated heterocycles. The third-order valence-corrected chi connectivity index (χ3v) is 4.58. The van der Waals surface area contributed by atoms with Crippen molar-refractivity contribution >= 4 is 0 Å². The Morgan fingerprint density at radius 3 is 2.08 bits per heavy atom. The number of benzene rings is 2. The van der Waals surface area contributed by atoms with Crippen LogP contribution in [0.2, 0.25) is 0 Å². The molecule has 1 aliphatic carbocycles. The Kier molecular flexibility index (Phi) is 6.85. The molecule has 3 rings (SSSR count). The van der Waals surface area contributed by atoms with Crippen LogP contribution in [0.1, 0.15) is 30.4 Å². The van der Waals surface area contributed by atoms with Gasteiger partial charge in [-0.05, 0) is 24.0 Å². The van der Waals surface area contributed by atoms with Gasteiger partial charge >= 0.3 is 0 Å². The molecule has 136 valence electrons. The molecule has 0 bridgehead atoms. The minimum atomic E-state index is -0.810. The zero-order valence-corrected chi connectivity index (χ0v) is 15.1. The monoisotopic (exact) mass is 350 g/mol. The lowest BCUT2D eigenvalue weighted by Gasteiger charge is -2.05. The van der Waals surface area contributed by atoms with E-state index in [0.29, 0.717) is 32.8 Å². The highest BCUT2D eigenvalue weighted by Crippen LogP contribution is 2.45. The van der Waals surface area contributed by atoms with E-state index >= 15 is 0 Å². The second-order valence-corrected chi connectivity index (χ2v) is 6.74. The number of aliphatic hydroxyl groups is 1. The summed E-state index contributed by atoms with van der Waals surface area (Å²) < 4.78 is 11.3. The average molecular weight is 350 g/mol. The Labute approximate surface area is 156 Å². The molecule has 3 nitrogen and oxygen atoms in total. The van der Waals surface area contributed by atoms with Crippen LogP contribution in [0, 0.1) is 17.8 Å². The second-order valence-electron chi connectivity index (χ2n) is 6.74. The topological polar surface area (TPSA) is 38.7 Å². The predicted molar refractivity (Wildman–Crippen MR) is 102 cm³/mol. The van der Waals surface area contributed by atoms with E-state index in [4.69, 9.17) is 9.47 Å². The van der Waals surface area contributed by atoms with Crippen molar-refractivity contribution in [3.63, 3.8) is 0 Å². The van der Waals surface area contributed by atoms with E-state index < -0.39 is 5.60 Å². The minimum Gasteiger partial charge on any atom is -0.377 e. The summed E-state index contributed by atoms with van der Waals surface area (Å²) in [6.45, 7) is 2.47. The van der Waals surface area contributed by atoms with Crippen LogP contribution in [0.25, 0.3) is 0 Å². The number of hydrogen-bond acceptors (Lipinski definition) is 3. The van der Waals surface area contributed by atoms with Crippen LogP contribution in [0.5, 0.6) is 0 Å². The molecule has 1 aliphatic rings. The molecule has 0 unspecified atom stereocenters. The molecule has 0 radical (unpaired) electrons. The normalized spacial score (nSPS) is 21.0. The molecule has 1 fully saturated rings. The Balaban J connectivity index is 1.26. The standard InChI is InChI=1S/C23H26O3/c24-23(14-7-8-15-25-18-20-9-3-1-4-10-20)17-22(23)13-16-26-19-21-11-5-2-6-12-21/h1-6,9-12,22,24H,8,13,15-19H2/t22-,23-/m0/s1. The molecule has 1 saturated carbocycles. The molecule has 0 heterocycles. The first kappa shape index (κ1) is 18.7. The summed E-state index contributed by atoms with van der Waals surface area (Å²) in [5, 5.41) is 10.4. The molecule has 0 aliphatic heterocycles. The van der Waals surface area contributed by atoms with Gasteiger partial charge in [0.05, 0.1) is 19.8 Å². The van der Waals surface area contributed by atoms with Crippen LogP contribution in [-0.2, 0) is 22.7 Å². The molecule has 0 spiro atoms. The van der Waals surface area contributed by atoms with Crippen molar-refractivity contribution in [3.05, 3.63) is 71.8 Å². The Morgan fingerprint density at radius 2 is 1.46 bits per heavy atom. The minimum absolute atomic E-state index is 0.232. The molecule has 1 N–H and O–H groups in total. The molecule has 2 aromatic carbocycles. The maximum absolute atomic E-state index is 10.4. The first-order valence-corrected chi connectivity index (χ1v) is 9.22. The van der Waals surface area contributed by atoms with Crippen molar-refractivity contribution in [2.75, 3.05) is 13.2 Å². The first-order chi connectivity index (χ1) is 12.8. The lowest BCUT2D eigenvalue weighted by Crippen LogP contribution is -2.09. The summed E-state index contributed by atoms with van der Waals surface area (Å²) in [6.07, 6.45) is 2.24. The van der Waals surface area contributed by atoms with E-state index in [1.165, 1.54) is 5.56 Å². The van der Waals surface area contributed by atoms with E-state index in [2.05, 4.69) is 24.0 Å². The summed E-state index contributed by atoms with van der Waals surface area (Å²) in [4.78, 5) is 0. The molecule has 3 heteroatoms. The fraction of sp³-hybridized carbons (Fsp3) is 0.391. The fourth-order valence-corrected chi connectivity index (χ4v) is 2.90. The van der Waals surface area contributed by atoms with E-state index in [1.54, 1.807) is 0 Å². The Bertz CT molecular complexity index is 717. The SMILES string of the molecule is O[C@@]1(C#CCCOCc2ccccc2)C[C@@H]1CCOCc1ccccc1. The van der Waals surface area contributed by atoms with Gasteiger partial charge in [0.15, 0.2) is 0 Å². The zero-order chi connectivity index (χ0) is 18.1. The van der Waals surface area contributed by atoms with Crippen molar-refractivity contribution in [2.45, 2.75) is 38.1 Å². The molecule has 2 aromatic rings. The molecule has 0 amide bonds. The zero-order valence-electron chi connectivity index (χ0n) is 15.1. The van der Waals surface area contributed by atoms with Crippen LogP contribution in [0.3, 0.4) is 0 Å². The quantitative estimate of drug-likeness (QED) is 0.550. The number of rotatable bonds is 9. The maximum atomic E-state index is 10.4. The summed E-state index contributed by atoms with van der Waals surface area (Å²) in [7, 11) is 0. The van der Waals surface area contributed by atoms with E-state index in [9.17, 15) is 5.11 Å². The largest absolute Gasteiger partial charge is 0.377 e. The van der Waals surface area contributed by atoms with Gasteiger partial charge in [-0.2, -0.15) is 0 Å². The van der Waals surface area contributed by atoms with E-state index in [1.807, 2.05) is 48.5 Å². The summed E-state index contributed by atoms with van der Waals surface area (Å²) >= 11 is 0. The van der Waals surface area contributed by atoms with Gasteiger partial charge in [-0.1, -0.05) is 72.5 Å². The van der Waals surface area contributed by atoms with Gasteiger partial charge in [-0.25, -0.2) is 0 Å². The van der Waals surface area contributed by atoms with Crippen LogP contribution in [0.15, 0.2) is 60.7 Å². The van der Waals surface area contributed by atoms with Gasteiger partial charge in [0.1, 0.15) is 5.60 Å². The maximum Gasteiger partial charge on any atom is 0.128 e. The van der Waals surface area contributed by atoms with Crippen LogP contribution in [0.4, 0.5) is 0 Å². The van der Waals surface area contributed by atoms with Gasteiger partial charge < -0.3 is 14.6 Å². The Morgan fingerprint density at radius 1 is 0.885 bits per heavy atom. The first-order valence-electron chi connectivity index (χ1n) is 9.22. The molecule has 26 heavy (non-hydrogen) atoms. The number of ether oxygens (including phenoxy) is 2. The second kappa shape index (κ2) is 9.54. The lowest BCUT2D eigenvalue weighted by atomic mass is 10.2. The highest BCUT2D eigenvalue weighted by Gasteiger charge is 2.51. The lowest BCUT2D eigenvalue weighted by molar-refractivity contribution is 0.105. The van der Waals surface area contributed by atoms with Crippen LogP contribution < -0.4 is 0 Å². The molecule has 2 atom stereocenters. The van der Waals surface area contributed by atoms with Gasteiger partial charge in [-0.15, -0.1) is 0 Å². The highest BCUT2D eigenvalue weighted by molar-refractivity contribution is 5.25. The highest BCUT2D eigenvalue weighted by atomic mass is 16.5. The van der Waals surface area contributed by atoms with Crippen molar-refractivity contribution < 1.29 is 14.6 Å². The van der Waals surface area contributed by atoms with Crippen LogP contribution in [-0.4, -0.2) is 23.9 Å². The average Bonchev–Trinajstić information content (AvgIpc) is 3.33. The summed E-state index contributed by atoms with van der Waals surface area (Å²) in [5.41, 5.74) is 1.53. The van der Waals surface area contributed by atoms with E-state index in [0.717, 1.165) is 18.4 Å². The summed E-state index contributed by atoms with van der Waals surface area (Å²) in [6, 6.07) is 20.2. The number of hydrogen-bond donors (Lipinski definition) is 1. The summed E-state index contributed by atoms with van der Waals surface area (Å²) in [5.74, 6) is 6.30. The Hall–Kier alpha value is -2.12. The van der Waals surface area contributed by atoms with Gasteiger partial charge in [0, 0.05) is 18.9 Å². The van der Waals surface area contributed by atoms with E-state index in [-0.39, 0.29) is 5.92 Å². The fourth-order valence-electron chi connectivity index (χ4n) is 2.90. The van der Waals surface area contributed by atoms with Gasteiger partial charge in [0.2, 0.25) is 0 Å². The molecule has 0 aromatic heterocycles. The third-order valence-electron chi connectivity index (χ3n) is 4.58. The van der Waals surface area contributed by atoms with Crippen molar-refractivity contribution in [3.8, 4) is 11.8 Å².